The van der Waals surface area contributed by atoms with Gasteiger partial charge in [-0.15, -0.1) is 22.9 Å². The highest BCUT2D eigenvalue weighted by Gasteiger charge is 2.09. The molecule has 16 heavy (non-hydrogen) atoms. The highest BCUT2D eigenvalue weighted by Crippen LogP contribution is 2.26. The molecule has 2 rings (SSSR count). The van der Waals surface area contributed by atoms with E-state index in [1.807, 2.05) is 12.3 Å². The molecule has 0 amide bonds. The van der Waals surface area contributed by atoms with Crippen molar-refractivity contribution >= 4 is 38.8 Å². The summed E-state index contributed by atoms with van der Waals surface area (Å²) in [5.74, 6) is 1.67. The Labute approximate surface area is 105 Å². The maximum atomic E-state index is 5.78. The van der Waals surface area contributed by atoms with Crippen LogP contribution in [0.25, 0.3) is 10.1 Å². The minimum Gasteiger partial charge on any atom is -0.367 e. The summed E-state index contributed by atoms with van der Waals surface area (Å²) in [6.07, 6.45) is 3.89. The van der Waals surface area contributed by atoms with E-state index in [2.05, 4.69) is 28.7 Å². The fraction of sp³-hybridized carbons (Fsp3) is 0.417. The summed E-state index contributed by atoms with van der Waals surface area (Å²) in [6.45, 7) is 2.16. The Kier molecular flexibility index (Phi) is 4.02. The van der Waals surface area contributed by atoms with Crippen molar-refractivity contribution in [3.05, 3.63) is 23.7 Å². The molecule has 1 N–H and O–H groups in total. The molecule has 0 aromatic carbocycles. The number of nitrogens with zero attached hydrogens (tertiary/aromatic N) is 1. The number of halogens is 1. The number of hydrogen-bond donors (Lipinski definition) is 1. The Bertz CT molecular complexity index is 455. The minimum absolute atomic E-state index is 0.413. The van der Waals surface area contributed by atoms with Gasteiger partial charge in [-0.2, -0.15) is 0 Å². The molecule has 0 radical (unpaired) electrons. The largest absolute Gasteiger partial charge is 0.367 e. The van der Waals surface area contributed by atoms with E-state index < -0.39 is 0 Å². The first-order valence-corrected chi connectivity index (χ1v) is 6.91. The number of fused-ring (bicyclic) bond motifs is 1. The van der Waals surface area contributed by atoms with Crippen LogP contribution in [-0.2, 0) is 0 Å². The normalized spacial score (nSPS) is 12.9. The number of alkyl halides is 1. The van der Waals surface area contributed by atoms with Gasteiger partial charge < -0.3 is 5.32 Å². The van der Waals surface area contributed by atoms with E-state index in [0.717, 1.165) is 18.7 Å². The van der Waals surface area contributed by atoms with Crippen LogP contribution in [0.15, 0.2) is 23.7 Å². The quantitative estimate of drug-likeness (QED) is 0.812. The van der Waals surface area contributed by atoms with Crippen LogP contribution >= 0.6 is 22.9 Å². The van der Waals surface area contributed by atoms with Crippen LogP contribution in [0.1, 0.15) is 19.8 Å². The van der Waals surface area contributed by atoms with Crippen molar-refractivity contribution < 1.29 is 0 Å². The fourth-order valence-corrected chi connectivity index (χ4v) is 2.76. The number of nitrogens with one attached hydrogen (secondary N) is 1. The zero-order valence-corrected chi connectivity index (χ0v) is 10.8. The summed E-state index contributed by atoms with van der Waals surface area (Å²) in [4.78, 5) is 4.40. The summed E-state index contributed by atoms with van der Waals surface area (Å²) >= 11 is 7.52. The Morgan fingerprint density at radius 3 is 3.12 bits per heavy atom. The summed E-state index contributed by atoms with van der Waals surface area (Å²) < 4.78 is 1.28. The zero-order valence-electron chi connectivity index (χ0n) is 9.24. The number of thiophene rings is 1. The van der Waals surface area contributed by atoms with Crippen LogP contribution in [0.5, 0.6) is 0 Å². The Balaban J connectivity index is 2.22. The van der Waals surface area contributed by atoms with Gasteiger partial charge in [0.1, 0.15) is 5.82 Å². The first-order chi connectivity index (χ1) is 7.85. The highest BCUT2D eigenvalue weighted by molar-refractivity contribution is 7.17. The van der Waals surface area contributed by atoms with Crippen LogP contribution in [0.2, 0.25) is 0 Å². The van der Waals surface area contributed by atoms with Crippen LogP contribution in [-0.4, -0.2) is 16.9 Å². The molecule has 0 aliphatic rings. The van der Waals surface area contributed by atoms with Crippen molar-refractivity contribution in [2.45, 2.75) is 25.8 Å². The third kappa shape index (κ3) is 2.47. The lowest BCUT2D eigenvalue weighted by atomic mass is 10.1. The smallest absolute Gasteiger partial charge is 0.134 e. The molecule has 86 valence electrons. The monoisotopic (exact) mass is 254 g/mol. The molecule has 0 fully saturated rings. The van der Waals surface area contributed by atoms with Crippen LogP contribution in [0.3, 0.4) is 0 Å². The molecule has 4 heteroatoms. The van der Waals surface area contributed by atoms with Crippen molar-refractivity contribution in [1.29, 1.82) is 0 Å². The second kappa shape index (κ2) is 5.51. The highest BCUT2D eigenvalue weighted by atomic mass is 35.5. The van der Waals surface area contributed by atoms with E-state index in [-0.39, 0.29) is 0 Å². The number of hydrogen-bond acceptors (Lipinski definition) is 3. The molecule has 2 aromatic rings. The van der Waals surface area contributed by atoms with Crippen molar-refractivity contribution in [1.82, 2.24) is 4.98 Å². The Hall–Kier alpha value is -0.800. The summed E-state index contributed by atoms with van der Waals surface area (Å²) in [7, 11) is 0. The molecule has 0 saturated carbocycles. The van der Waals surface area contributed by atoms with E-state index in [9.17, 15) is 0 Å². The summed E-state index contributed by atoms with van der Waals surface area (Å²) in [6, 6.07) is 4.58. The van der Waals surface area contributed by atoms with Gasteiger partial charge in [-0.05, 0) is 30.4 Å². The predicted molar refractivity (Wildman–Crippen MR) is 72.7 cm³/mol. The standard InChI is InChI=1S/C12H15ClN2S/c1-2-9(3-6-13)15-12-10-5-8-16-11(10)4-7-14-12/h4-5,7-9H,2-3,6H2,1H3,(H,14,15). The lowest BCUT2D eigenvalue weighted by molar-refractivity contribution is 0.673. The predicted octanol–water partition coefficient (Wildman–Crippen LogP) is 4.12. The maximum Gasteiger partial charge on any atom is 0.134 e. The van der Waals surface area contributed by atoms with Crippen LogP contribution < -0.4 is 5.32 Å². The average Bonchev–Trinajstić information content (AvgIpc) is 2.77. The number of rotatable bonds is 5. The molecule has 0 aliphatic carbocycles. The molecule has 0 spiro atoms. The van der Waals surface area contributed by atoms with Gasteiger partial charge >= 0.3 is 0 Å². The van der Waals surface area contributed by atoms with E-state index in [1.54, 1.807) is 11.3 Å². The van der Waals surface area contributed by atoms with E-state index in [4.69, 9.17) is 11.6 Å². The zero-order chi connectivity index (χ0) is 11.4. The SMILES string of the molecule is CCC(CCCl)Nc1nccc2sccc12. The third-order valence-electron chi connectivity index (χ3n) is 2.67. The van der Waals surface area contributed by atoms with E-state index in [1.165, 1.54) is 10.1 Å². The second-order valence-electron chi connectivity index (χ2n) is 3.72. The minimum atomic E-state index is 0.413. The molecular weight excluding hydrogens is 240 g/mol. The fourth-order valence-electron chi connectivity index (χ4n) is 1.71. The summed E-state index contributed by atoms with van der Waals surface area (Å²) in [5.41, 5.74) is 0. The maximum absolute atomic E-state index is 5.78. The van der Waals surface area contributed by atoms with Crippen molar-refractivity contribution in [2.24, 2.45) is 0 Å². The third-order valence-corrected chi connectivity index (χ3v) is 3.77. The van der Waals surface area contributed by atoms with Gasteiger partial charge in [-0.25, -0.2) is 4.98 Å². The van der Waals surface area contributed by atoms with Crippen LogP contribution in [0.4, 0.5) is 5.82 Å². The van der Waals surface area contributed by atoms with Crippen molar-refractivity contribution in [3.63, 3.8) is 0 Å². The van der Waals surface area contributed by atoms with Crippen LogP contribution in [0, 0.1) is 0 Å². The second-order valence-corrected chi connectivity index (χ2v) is 5.04. The van der Waals surface area contributed by atoms with Crippen molar-refractivity contribution in [2.75, 3.05) is 11.2 Å². The van der Waals surface area contributed by atoms with Gasteiger partial charge in [0.05, 0.1) is 0 Å². The molecule has 1 unspecified atom stereocenters. The lowest BCUT2D eigenvalue weighted by Crippen LogP contribution is -2.19. The number of anilines is 1. The van der Waals surface area contributed by atoms with Gasteiger partial charge in [0.2, 0.25) is 0 Å². The first-order valence-electron chi connectivity index (χ1n) is 5.50. The Morgan fingerprint density at radius 1 is 1.50 bits per heavy atom. The lowest BCUT2D eigenvalue weighted by Gasteiger charge is -2.16. The first kappa shape index (κ1) is 11.7. The average molecular weight is 255 g/mol. The van der Waals surface area contributed by atoms with E-state index in [0.29, 0.717) is 11.9 Å². The molecule has 0 aliphatic heterocycles. The molecule has 2 aromatic heterocycles. The number of aromatic nitrogens is 1. The molecule has 2 heterocycles. The van der Waals surface area contributed by atoms with E-state index >= 15 is 0 Å². The molecular formula is C12H15ClN2S. The van der Waals surface area contributed by atoms with Gasteiger partial charge in [0, 0.05) is 28.2 Å². The topological polar surface area (TPSA) is 24.9 Å². The molecule has 0 bridgehead atoms. The van der Waals surface area contributed by atoms with Gasteiger partial charge in [-0.3, -0.25) is 0 Å². The molecule has 1 atom stereocenters. The summed E-state index contributed by atoms with van der Waals surface area (Å²) in [5, 5.41) is 6.78. The van der Waals surface area contributed by atoms with Gasteiger partial charge in [0.25, 0.3) is 0 Å². The van der Waals surface area contributed by atoms with Gasteiger partial charge in [0.15, 0.2) is 0 Å². The number of pyridine rings is 1. The molecule has 2 nitrogen and oxygen atoms in total. The van der Waals surface area contributed by atoms with Crippen molar-refractivity contribution in [3.8, 4) is 0 Å². The van der Waals surface area contributed by atoms with Gasteiger partial charge in [-0.1, -0.05) is 6.92 Å². The Morgan fingerprint density at radius 2 is 2.38 bits per heavy atom. The molecule has 0 saturated heterocycles.